The predicted molar refractivity (Wildman–Crippen MR) is 173 cm³/mol. The maximum Gasteiger partial charge on any atom is 0.249 e. The number of rotatable bonds is 9. The summed E-state index contributed by atoms with van der Waals surface area (Å²) in [4.78, 5) is 32.6. The van der Waals surface area contributed by atoms with Crippen molar-refractivity contribution in [1.29, 1.82) is 0 Å². The van der Waals surface area contributed by atoms with E-state index in [1.807, 2.05) is 78.9 Å². The van der Waals surface area contributed by atoms with Crippen LogP contribution in [0.3, 0.4) is 0 Å². The molecule has 0 spiro atoms. The van der Waals surface area contributed by atoms with E-state index in [0.29, 0.717) is 61.2 Å². The predicted octanol–water partition coefficient (Wildman–Crippen LogP) is 4.13. The van der Waals surface area contributed by atoms with Crippen molar-refractivity contribution < 1.29 is 23.8 Å². The number of ether oxygens (including phenoxy) is 3. The van der Waals surface area contributed by atoms with Crippen molar-refractivity contribution in [3.05, 3.63) is 108 Å². The number of nitrogens with zero attached hydrogens (tertiary/aromatic N) is 5. The first-order valence-electron chi connectivity index (χ1n) is 15.4. The lowest BCUT2D eigenvalue weighted by molar-refractivity contribution is -0.127. The number of amides is 2. The molecule has 2 amide bonds. The fourth-order valence-electron chi connectivity index (χ4n) is 5.85. The van der Waals surface area contributed by atoms with Crippen molar-refractivity contribution in [2.75, 3.05) is 49.3 Å². The molecule has 1 N–H and O–H groups in total. The highest BCUT2D eigenvalue weighted by molar-refractivity contribution is 6.02. The molecule has 1 fully saturated rings. The molecule has 0 radical (unpaired) electrons. The van der Waals surface area contributed by atoms with Crippen LogP contribution in [0.2, 0.25) is 0 Å². The molecule has 2 aliphatic heterocycles. The van der Waals surface area contributed by atoms with Crippen molar-refractivity contribution in [3.63, 3.8) is 0 Å². The van der Waals surface area contributed by atoms with Crippen molar-refractivity contribution in [2.24, 2.45) is 0 Å². The summed E-state index contributed by atoms with van der Waals surface area (Å²) in [5.74, 6) is 0.433. The van der Waals surface area contributed by atoms with Crippen molar-refractivity contribution >= 4 is 34.2 Å². The highest BCUT2D eigenvalue weighted by atomic mass is 16.6. The number of benzene rings is 4. The van der Waals surface area contributed by atoms with Gasteiger partial charge >= 0.3 is 0 Å². The summed E-state index contributed by atoms with van der Waals surface area (Å²) in [6.45, 7) is 3.89. The second kappa shape index (κ2) is 13.3. The number of para-hydroxylation sites is 1. The molecule has 0 aliphatic carbocycles. The van der Waals surface area contributed by atoms with E-state index in [9.17, 15) is 9.59 Å². The van der Waals surface area contributed by atoms with Gasteiger partial charge in [0.25, 0.3) is 0 Å². The topological polar surface area (TPSA) is 111 Å². The number of nitrogens with one attached hydrogen (secondary N) is 1. The first kappa shape index (κ1) is 29.3. The molecule has 7 rings (SSSR count). The Kier molecular flexibility index (Phi) is 8.46. The van der Waals surface area contributed by atoms with E-state index >= 15 is 0 Å². The zero-order valence-corrected chi connectivity index (χ0v) is 25.2. The first-order chi connectivity index (χ1) is 22.6. The van der Waals surface area contributed by atoms with Crippen molar-refractivity contribution in [1.82, 2.24) is 20.3 Å². The number of aromatic nitrogens is 3. The van der Waals surface area contributed by atoms with E-state index in [-0.39, 0.29) is 18.4 Å². The lowest BCUT2D eigenvalue weighted by Crippen LogP contribution is -2.45. The Bertz CT molecular complexity index is 1820. The maximum atomic E-state index is 14.5. The molecule has 5 aromatic rings. The van der Waals surface area contributed by atoms with Crippen LogP contribution in [0.4, 0.5) is 11.4 Å². The Balaban J connectivity index is 1.29. The molecule has 0 saturated carbocycles. The molecule has 46 heavy (non-hydrogen) atoms. The van der Waals surface area contributed by atoms with E-state index in [2.05, 4.69) is 20.5 Å². The quantitative estimate of drug-likeness (QED) is 0.263. The van der Waals surface area contributed by atoms with Crippen molar-refractivity contribution in [3.8, 4) is 11.5 Å². The Morgan fingerprint density at radius 2 is 1.57 bits per heavy atom. The van der Waals surface area contributed by atoms with Gasteiger partial charge < -0.3 is 24.4 Å². The minimum Gasteiger partial charge on any atom is -0.486 e. The Labute approximate surface area is 266 Å². The second-order valence-corrected chi connectivity index (χ2v) is 11.1. The summed E-state index contributed by atoms with van der Waals surface area (Å²) < 4.78 is 18.7. The summed E-state index contributed by atoms with van der Waals surface area (Å²) in [7, 11) is 0. The standard InChI is InChI=1S/C35H34N6O5/c42-33(24-40-30-9-5-4-8-29(30)37-38-40)41(28-14-15-31-32(22-28)46-21-20-45-31)34(35(43)36-23-25-6-2-1-3-7-25)26-10-12-27(13-11-26)39-16-18-44-19-17-39/h1-15,22,34H,16-21,23-24H2,(H,36,43)/t34-/m1/s1. The molecule has 3 heterocycles. The van der Waals surface area contributed by atoms with Crippen LogP contribution in [0, 0.1) is 0 Å². The molecule has 11 nitrogen and oxygen atoms in total. The van der Waals surface area contributed by atoms with Gasteiger partial charge in [0.15, 0.2) is 11.5 Å². The number of carbonyl (C=O) groups excluding carboxylic acids is 2. The van der Waals surface area contributed by atoms with E-state index in [1.165, 1.54) is 4.90 Å². The number of anilines is 2. The normalized spacial score (nSPS) is 14.9. The van der Waals surface area contributed by atoms with Gasteiger partial charge in [-0.3, -0.25) is 14.5 Å². The number of carbonyl (C=O) groups is 2. The molecule has 11 heteroatoms. The number of hydrogen-bond acceptors (Lipinski definition) is 8. The molecule has 0 unspecified atom stereocenters. The summed E-state index contributed by atoms with van der Waals surface area (Å²) in [5.41, 5.74) is 4.53. The molecule has 0 bridgehead atoms. The molecule has 2 aliphatic rings. The third kappa shape index (κ3) is 6.22. The number of morpholine rings is 1. The van der Waals surface area contributed by atoms with Gasteiger partial charge in [0.1, 0.15) is 31.3 Å². The number of hydrogen-bond donors (Lipinski definition) is 1. The highest BCUT2D eigenvalue weighted by Crippen LogP contribution is 2.37. The van der Waals surface area contributed by atoms with Crippen LogP contribution in [0.1, 0.15) is 17.2 Å². The summed E-state index contributed by atoms with van der Waals surface area (Å²) in [6.07, 6.45) is 0. The molecular formula is C35H34N6O5. The Morgan fingerprint density at radius 3 is 2.37 bits per heavy atom. The van der Waals surface area contributed by atoms with Crippen LogP contribution >= 0.6 is 0 Å². The third-order valence-corrected chi connectivity index (χ3v) is 8.18. The van der Waals surface area contributed by atoms with Crippen molar-refractivity contribution in [2.45, 2.75) is 19.1 Å². The fourth-order valence-corrected chi connectivity index (χ4v) is 5.85. The van der Waals surface area contributed by atoms with Crippen LogP contribution in [0.15, 0.2) is 97.1 Å². The molecule has 1 atom stereocenters. The summed E-state index contributed by atoms with van der Waals surface area (Å²) in [5, 5.41) is 11.6. The van der Waals surface area contributed by atoms with E-state index < -0.39 is 6.04 Å². The molecule has 4 aromatic carbocycles. The van der Waals surface area contributed by atoms with E-state index in [1.54, 1.807) is 22.9 Å². The SMILES string of the molecule is O=C(NCc1ccccc1)[C@@H](c1ccc(N2CCOCC2)cc1)N(C(=O)Cn1nnc2ccccc21)c1ccc2c(c1)OCCO2. The van der Waals surface area contributed by atoms with Crippen LogP contribution in [0.5, 0.6) is 11.5 Å². The maximum absolute atomic E-state index is 14.5. The zero-order valence-electron chi connectivity index (χ0n) is 25.2. The molecular weight excluding hydrogens is 584 g/mol. The smallest absolute Gasteiger partial charge is 0.249 e. The Hall–Kier alpha value is -5.42. The minimum atomic E-state index is -1.01. The molecule has 234 valence electrons. The highest BCUT2D eigenvalue weighted by Gasteiger charge is 2.34. The lowest BCUT2D eigenvalue weighted by Gasteiger charge is -2.33. The Morgan fingerprint density at radius 1 is 0.826 bits per heavy atom. The number of fused-ring (bicyclic) bond motifs is 2. The molecule has 1 saturated heterocycles. The van der Waals surface area contributed by atoms with Gasteiger partial charge in [0.05, 0.1) is 18.7 Å². The van der Waals surface area contributed by atoms with E-state index in [4.69, 9.17) is 14.2 Å². The van der Waals surface area contributed by atoms with Gasteiger partial charge in [-0.2, -0.15) is 0 Å². The summed E-state index contributed by atoms with van der Waals surface area (Å²) in [6, 6.07) is 29.3. The summed E-state index contributed by atoms with van der Waals surface area (Å²) >= 11 is 0. The van der Waals surface area contributed by atoms with Gasteiger partial charge in [-0.25, -0.2) is 4.68 Å². The molecule has 1 aromatic heterocycles. The first-order valence-corrected chi connectivity index (χ1v) is 15.4. The van der Waals surface area contributed by atoms with Gasteiger partial charge in [0.2, 0.25) is 11.8 Å². The third-order valence-electron chi connectivity index (χ3n) is 8.18. The average Bonchev–Trinajstić information content (AvgIpc) is 3.52. The van der Waals surface area contributed by atoms with Crippen LogP contribution in [-0.2, 0) is 27.4 Å². The largest absolute Gasteiger partial charge is 0.486 e. The van der Waals surface area contributed by atoms with Gasteiger partial charge in [-0.15, -0.1) is 5.10 Å². The van der Waals surface area contributed by atoms with Crippen LogP contribution < -0.4 is 24.6 Å². The van der Waals surface area contributed by atoms with E-state index in [0.717, 1.165) is 29.9 Å². The lowest BCUT2D eigenvalue weighted by atomic mass is 10.0. The van der Waals surface area contributed by atoms with Gasteiger partial charge in [-0.1, -0.05) is 59.8 Å². The minimum absolute atomic E-state index is 0.136. The fraction of sp³-hybridized carbons (Fsp3) is 0.257. The average molecular weight is 619 g/mol. The second-order valence-electron chi connectivity index (χ2n) is 11.1. The zero-order chi connectivity index (χ0) is 31.3. The van der Waals surface area contributed by atoms with Gasteiger partial charge in [0, 0.05) is 37.1 Å². The van der Waals surface area contributed by atoms with Crippen LogP contribution in [-0.4, -0.2) is 66.3 Å². The van der Waals surface area contributed by atoms with Crippen LogP contribution in [0.25, 0.3) is 11.0 Å². The monoisotopic (exact) mass is 618 g/mol. The van der Waals surface area contributed by atoms with Gasteiger partial charge in [-0.05, 0) is 47.5 Å².